The Morgan fingerprint density at radius 2 is 2.00 bits per heavy atom. The fourth-order valence-corrected chi connectivity index (χ4v) is 7.40. The fraction of sp³-hybridized carbons (Fsp3) is 0.870. The van der Waals surface area contributed by atoms with Gasteiger partial charge < -0.3 is 15.7 Å². The molecule has 4 aliphatic rings. The smallest absolute Gasteiger partial charge is 0.310 e. The Hall–Kier alpha value is -1.14. The summed E-state index contributed by atoms with van der Waals surface area (Å²) in [6.07, 6.45) is 6.91. The molecule has 0 aliphatic heterocycles. The van der Waals surface area contributed by atoms with Gasteiger partial charge in [0.05, 0.1) is 11.6 Å². The minimum absolute atomic E-state index is 0. The number of nitrogens with zero attached hydrogens (tertiary/aromatic N) is 1. The van der Waals surface area contributed by atoms with Crippen molar-refractivity contribution in [1.82, 2.24) is 0 Å². The predicted octanol–water partition coefficient (Wildman–Crippen LogP) is 3.97. The van der Waals surface area contributed by atoms with E-state index in [4.69, 9.17) is 10.5 Å². The molecular weight excluding hydrogens is 404 g/mol. The minimum Gasteiger partial charge on any atom is -0.462 e. The van der Waals surface area contributed by atoms with Crippen LogP contribution in [0.15, 0.2) is 5.16 Å². The lowest BCUT2D eigenvalue weighted by atomic mass is 9.44. The first-order chi connectivity index (χ1) is 13.7. The molecule has 170 valence electrons. The lowest BCUT2D eigenvalue weighted by Gasteiger charge is -2.60. The number of carbonyl (C=O) groups excluding carboxylic acids is 2. The largest absolute Gasteiger partial charge is 0.462 e. The number of rotatable bonds is 3. The number of carbonyl (C=O) groups is 2. The van der Waals surface area contributed by atoms with Crippen LogP contribution in [0.1, 0.15) is 72.1 Å². The molecule has 0 aromatic heterocycles. The van der Waals surface area contributed by atoms with Crippen molar-refractivity contribution in [3.63, 3.8) is 0 Å². The number of esters is 1. The number of oxime groups is 1. The van der Waals surface area contributed by atoms with Gasteiger partial charge in [0, 0.05) is 24.3 Å². The highest BCUT2D eigenvalue weighted by atomic mass is 35.5. The van der Waals surface area contributed by atoms with Crippen LogP contribution in [-0.2, 0) is 14.3 Å². The number of halogens is 1. The summed E-state index contributed by atoms with van der Waals surface area (Å²) in [7, 11) is 0. The molecule has 4 saturated carbocycles. The molecule has 30 heavy (non-hydrogen) atoms. The summed E-state index contributed by atoms with van der Waals surface area (Å²) >= 11 is 0. The molecule has 0 radical (unpaired) electrons. The van der Waals surface area contributed by atoms with Gasteiger partial charge in [0.2, 0.25) is 0 Å². The van der Waals surface area contributed by atoms with E-state index in [0.717, 1.165) is 50.7 Å². The maximum atomic E-state index is 12.6. The van der Waals surface area contributed by atoms with Crippen molar-refractivity contribution in [3.8, 4) is 0 Å². The van der Waals surface area contributed by atoms with Crippen molar-refractivity contribution >= 4 is 29.9 Å². The number of nitrogens with two attached hydrogens (primary N) is 1. The lowest BCUT2D eigenvalue weighted by Crippen LogP contribution is -2.57. The fourth-order valence-electron chi connectivity index (χ4n) is 7.40. The maximum Gasteiger partial charge on any atom is 0.310 e. The van der Waals surface area contributed by atoms with Crippen LogP contribution in [-0.4, -0.2) is 35.3 Å². The Balaban J connectivity index is 0.00000256. The normalized spacial score (nSPS) is 45.0. The second-order valence-corrected chi connectivity index (χ2v) is 10.6. The van der Waals surface area contributed by atoms with Crippen LogP contribution in [0, 0.1) is 40.4 Å². The Morgan fingerprint density at radius 3 is 2.67 bits per heavy atom. The maximum absolute atomic E-state index is 12.6. The molecule has 7 heteroatoms. The summed E-state index contributed by atoms with van der Waals surface area (Å²) in [5.74, 6) is 1.42. The molecule has 0 spiro atoms. The molecule has 0 saturated heterocycles. The molecule has 4 fully saturated rings. The van der Waals surface area contributed by atoms with Crippen LogP contribution in [0.25, 0.3) is 0 Å². The van der Waals surface area contributed by atoms with Crippen molar-refractivity contribution in [2.75, 3.05) is 6.54 Å². The molecule has 0 aromatic rings. The molecule has 0 amide bonds. The second kappa shape index (κ2) is 8.42. The number of ether oxygens (including phenoxy) is 1. The van der Waals surface area contributed by atoms with E-state index in [9.17, 15) is 14.8 Å². The van der Waals surface area contributed by atoms with Gasteiger partial charge in [-0.25, -0.2) is 0 Å². The Morgan fingerprint density at radius 1 is 1.27 bits per heavy atom. The van der Waals surface area contributed by atoms with E-state index < -0.39 is 0 Å². The lowest BCUT2D eigenvalue weighted by molar-refractivity contribution is -0.159. The molecule has 0 aromatic carbocycles. The number of hydrogen-bond acceptors (Lipinski definition) is 6. The van der Waals surface area contributed by atoms with Gasteiger partial charge in [0.25, 0.3) is 0 Å². The van der Waals surface area contributed by atoms with E-state index >= 15 is 0 Å². The van der Waals surface area contributed by atoms with Gasteiger partial charge in [-0.3, -0.25) is 9.59 Å². The highest BCUT2D eigenvalue weighted by Crippen LogP contribution is 2.65. The summed E-state index contributed by atoms with van der Waals surface area (Å²) in [6.45, 7) is 6.60. The van der Waals surface area contributed by atoms with Crippen molar-refractivity contribution in [2.24, 2.45) is 51.3 Å². The molecule has 8 atom stereocenters. The third-order valence-corrected chi connectivity index (χ3v) is 9.31. The highest BCUT2D eigenvalue weighted by Gasteiger charge is 2.62. The van der Waals surface area contributed by atoms with Crippen LogP contribution in [0.4, 0.5) is 0 Å². The third kappa shape index (κ3) is 3.48. The van der Waals surface area contributed by atoms with Crippen LogP contribution < -0.4 is 5.73 Å². The third-order valence-electron chi connectivity index (χ3n) is 9.31. The van der Waals surface area contributed by atoms with Gasteiger partial charge in [0.1, 0.15) is 11.9 Å². The average Bonchev–Trinajstić information content (AvgIpc) is 3.02. The monoisotopic (exact) mass is 440 g/mol. The molecule has 0 heterocycles. The Kier molecular flexibility index (Phi) is 6.60. The molecule has 4 aliphatic carbocycles. The number of fused-ring (bicyclic) bond motifs is 5. The minimum atomic E-state index is -0.291. The topological polar surface area (TPSA) is 102 Å². The molecule has 4 rings (SSSR count). The summed E-state index contributed by atoms with van der Waals surface area (Å²) in [6, 6.07) is 0. The summed E-state index contributed by atoms with van der Waals surface area (Å²) in [5, 5.41) is 13.6. The number of hydrogen-bond donors (Lipinski definition) is 2. The van der Waals surface area contributed by atoms with Crippen LogP contribution >= 0.6 is 12.4 Å². The van der Waals surface area contributed by atoms with Crippen molar-refractivity contribution in [3.05, 3.63) is 0 Å². The van der Waals surface area contributed by atoms with Crippen molar-refractivity contribution in [1.29, 1.82) is 0 Å². The first-order valence-corrected chi connectivity index (χ1v) is 11.4. The zero-order chi connectivity index (χ0) is 21.0. The molecular formula is C23H37ClN2O4. The van der Waals surface area contributed by atoms with E-state index in [2.05, 4.69) is 19.0 Å². The zero-order valence-corrected chi connectivity index (χ0v) is 19.2. The van der Waals surface area contributed by atoms with Crippen molar-refractivity contribution in [2.45, 2.75) is 78.2 Å². The standard InChI is InChI=1S/C23H36N2O4.ClH/c1-13(12-24)21(27)29-14-6-8-22(2)17-7-9-23(3)16(4-5-20(23)26)15(17)11-19(25-28)18(22)10-14;/h13-18,28H,4-12,24H2,1-3H3;1H/b25-19-;/t13-,14?,15-,16-,17+,18?,22+,23-;/m0./s1. The van der Waals surface area contributed by atoms with Gasteiger partial charge in [0.15, 0.2) is 0 Å². The van der Waals surface area contributed by atoms with Gasteiger partial charge >= 0.3 is 5.97 Å². The van der Waals surface area contributed by atoms with Gasteiger partial charge in [-0.2, -0.15) is 0 Å². The van der Waals surface area contributed by atoms with E-state index in [1.165, 1.54) is 0 Å². The number of ketones is 1. The molecule has 2 unspecified atom stereocenters. The van der Waals surface area contributed by atoms with Crippen LogP contribution in [0.5, 0.6) is 0 Å². The van der Waals surface area contributed by atoms with E-state index in [1.54, 1.807) is 6.92 Å². The second-order valence-electron chi connectivity index (χ2n) is 10.6. The SMILES string of the molecule is C[C@@H](CN)C(=O)OC1CC[C@@]2(C)C(C1)/C(=N\O)C[C@@H]1[C@H]2CC[C@]2(C)C(=O)CC[C@@H]12.Cl. The molecule has 3 N–H and O–H groups in total. The van der Waals surface area contributed by atoms with Crippen LogP contribution in [0.3, 0.4) is 0 Å². The Labute approximate surface area is 185 Å². The van der Waals surface area contributed by atoms with E-state index in [0.29, 0.717) is 36.5 Å². The summed E-state index contributed by atoms with van der Waals surface area (Å²) in [4.78, 5) is 24.8. The van der Waals surface area contributed by atoms with E-state index in [-0.39, 0.29) is 47.1 Å². The first-order valence-electron chi connectivity index (χ1n) is 11.4. The van der Waals surface area contributed by atoms with E-state index in [1.807, 2.05) is 0 Å². The molecule has 6 nitrogen and oxygen atoms in total. The summed E-state index contributed by atoms with van der Waals surface area (Å²) in [5.41, 5.74) is 6.32. The number of Topliss-reactive ketones (excluding diaryl/α,β-unsaturated/α-hetero) is 1. The summed E-state index contributed by atoms with van der Waals surface area (Å²) < 4.78 is 5.77. The molecule has 0 bridgehead atoms. The Bertz CT molecular complexity index is 728. The predicted molar refractivity (Wildman–Crippen MR) is 117 cm³/mol. The van der Waals surface area contributed by atoms with Gasteiger partial charge in [-0.05, 0) is 68.1 Å². The highest BCUT2D eigenvalue weighted by molar-refractivity contribution is 5.90. The first kappa shape index (κ1) is 23.5. The average molecular weight is 441 g/mol. The quantitative estimate of drug-likeness (QED) is 0.392. The van der Waals surface area contributed by atoms with Crippen molar-refractivity contribution < 1.29 is 19.5 Å². The van der Waals surface area contributed by atoms with Gasteiger partial charge in [-0.15, -0.1) is 12.4 Å². The zero-order valence-electron chi connectivity index (χ0n) is 18.4. The van der Waals surface area contributed by atoms with Crippen LogP contribution in [0.2, 0.25) is 0 Å². The van der Waals surface area contributed by atoms with Gasteiger partial charge in [-0.1, -0.05) is 25.9 Å².